The Hall–Kier alpha value is -3.92. The lowest BCUT2D eigenvalue weighted by Crippen LogP contribution is -1.92. The first kappa shape index (κ1) is 19.4. The van der Waals surface area contributed by atoms with Crippen molar-refractivity contribution in [2.75, 3.05) is 0 Å². The Morgan fingerprint density at radius 2 is 1.17 bits per heavy atom. The topological polar surface area (TPSA) is 4.93 Å². The maximum atomic E-state index is 2.42. The summed E-state index contributed by atoms with van der Waals surface area (Å²) in [5.41, 5.74) is 6.33. The number of para-hydroxylation sites is 2. The van der Waals surface area contributed by atoms with Crippen LogP contribution in [0.4, 0.5) is 0 Å². The van der Waals surface area contributed by atoms with Gasteiger partial charge in [-0.3, -0.25) is 0 Å². The van der Waals surface area contributed by atoms with Crippen LogP contribution in [0.5, 0.6) is 0 Å². The van der Waals surface area contributed by atoms with E-state index in [2.05, 4.69) is 120 Å². The van der Waals surface area contributed by atoms with E-state index in [1.807, 2.05) is 22.7 Å². The minimum absolute atomic E-state index is 1.21. The van der Waals surface area contributed by atoms with Crippen molar-refractivity contribution in [2.45, 2.75) is 0 Å². The zero-order chi connectivity index (χ0) is 22.9. The van der Waals surface area contributed by atoms with Gasteiger partial charge in [-0.05, 0) is 53.6 Å². The van der Waals surface area contributed by atoms with Crippen LogP contribution in [0, 0.1) is 0 Å². The van der Waals surface area contributed by atoms with E-state index in [0.29, 0.717) is 0 Å². The van der Waals surface area contributed by atoms with Crippen LogP contribution in [-0.4, -0.2) is 4.57 Å². The Labute approximate surface area is 210 Å². The summed E-state index contributed by atoms with van der Waals surface area (Å²) in [4.78, 5) is 0. The van der Waals surface area contributed by atoms with E-state index in [9.17, 15) is 0 Å². The molecule has 0 saturated heterocycles. The first-order chi connectivity index (χ1) is 17.3. The molecule has 35 heavy (non-hydrogen) atoms. The molecule has 0 aliphatic heterocycles. The third-order valence-electron chi connectivity index (χ3n) is 7.00. The first-order valence-electron chi connectivity index (χ1n) is 11.8. The van der Waals surface area contributed by atoms with Crippen LogP contribution >= 0.6 is 22.7 Å². The molecular formula is C32H19NS2. The van der Waals surface area contributed by atoms with E-state index in [0.717, 1.165) is 0 Å². The van der Waals surface area contributed by atoms with Gasteiger partial charge in [0.2, 0.25) is 0 Å². The third-order valence-corrected chi connectivity index (χ3v) is 9.33. The molecule has 5 aromatic carbocycles. The minimum atomic E-state index is 1.21. The molecule has 164 valence electrons. The number of nitrogens with zero attached hydrogens (tertiary/aromatic N) is 1. The van der Waals surface area contributed by atoms with Crippen LogP contribution in [0.3, 0.4) is 0 Å². The summed E-state index contributed by atoms with van der Waals surface area (Å²) in [5.74, 6) is 0. The van der Waals surface area contributed by atoms with Crippen LogP contribution in [0.15, 0.2) is 115 Å². The molecule has 3 heterocycles. The summed E-state index contributed by atoms with van der Waals surface area (Å²) >= 11 is 3.78. The van der Waals surface area contributed by atoms with Crippen LogP contribution in [0.2, 0.25) is 0 Å². The molecule has 0 fully saturated rings. The average molecular weight is 482 g/mol. The normalized spacial score (nSPS) is 12.0. The lowest BCUT2D eigenvalue weighted by molar-refractivity contribution is 1.19. The van der Waals surface area contributed by atoms with Crippen LogP contribution in [0.1, 0.15) is 0 Å². The number of fused-ring (bicyclic) bond motifs is 8. The molecular weight excluding hydrogens is 462 g/mol. The summed E-state index contributed by atoms with van der Waals surface area (Å²) in [7, 11) is 0. The van der Waals surface area contributed by atoms with Gasteiger partial charge >= 0.3 is 0 Å². The standard InChI is InChI=1S/C32H19NS2/c1-2-8-22(9-3-1)33-27-12-6-4-11-24(27)32-31(33)25-16-14-21(19-30(25)35-32)20-15-17-29-26(18-20)23-10-5-7-13-28(23)34-29/h1-19H. The molecule has 3 aromatic heterocycles. The molecule has 0 spiro atoms. The number of benzene rings is 5. The highest BCUT2D eigenvalue weighted by Crippen LogP contribution is 2.44. The van der Waals surface area contributed by atoms with Crippen LogP contribution in [-0.2, 0) is 0 Å². The maximum absolute atomic E-state index is 2.42. The van der Waals surface area contributed by atoms with Crippen molar-refractivity contribution in [2.24, 2.45) is 0 Å². The Morgan fingerprint density at radius 3 is 2.09 bits per heavy atom. The van der Waals surface area contributed by atoms with Gasteiger partial charge in [0.05, 0.1) is 15.7 Å². The van der Waals surface area contributed by atoms with E-state index >= 15 is 0 Å². The lowest BCUT2D eigenvalue weighted by atomic mass is 10.0. The highest BCUT2D eigenvalue weighted by Gasteiger charge is 2.18. The third kappa shape index (κ3) is 2.80. The van der Waals surface area contributed by atoms with Gasteiger partial charge in [0.1, 0.15) is 0 Å². The zero-order valence-corrected chi connectivity index (χ0v) is 20.4. The fourth-order valence-corrected chi connectivity index (χ4v) is 7.75. The Balaban J connectivity index is 1.38. The van der Waals surface area contributed by atoms with E-state index in [1.165, 1.54) is 68.2 Å². The Morgan fingerprint density at radius 1 is 0.457 bits per heavy atom. The largest absolute Gasteiger partial charge is 0.308 e. The van der Waals surface area contributed by atoms with E-state index < -0.39 is 0 Å². The number of hydrogen-bond acceptors (Lipinski definition) is 2. The van der Waals surface area contributed by atoms with E-state index in [-0.39, 0.29) is 0 Å². The van der Waals surface area contributed by atoms with Crippen LogP contribution in [0.25, 0.3) is 68.2 Å². The number of thiophene rings is 2. The van der Waals surface area contributed by atoms with Gasteiger partial charge in [-0.1, -0.05) is 72.8 Å². The van der Waals surface area contributed by atoms with Gasteiger partial charge in [-0.15, -0.1) is 22.7 Å². The molecule has 0 atom stereocenters. The molecule has 3 heteroatoms. The predicted octanol–water partition coefficient (Wildman–Crippen LogP) is 10.0. The molecule has 0 bridgehead atoms. The van der Waals surface area contributed by atoms with Gasteiger partial charge in [0, 0.05) is 41.3 Å². The summed E-state index contributed by atoms with van der Waals surface area (Å²) in [6.07, 6.45) is 0. The molecule has 0 aliphatic rings. The zero-order valence-electron chi connectivity index (χ0n) is 18.7. The molecule has 8 rings (SSSR count). The summed E-state index contributed by atoms with van der Waals surface area (Å²) in [6.45, 7) is 0. The average Bonchev–Trinajstić information content (AvgIpc) is 3.57. The fraction of sp³-hybridized carbons (Fsp3) is 0. The van der Waals surface area contributed by atoms with E-state index in [4.69, 9.17) is 0 Å². The lowest BCUT2D eigenvalue weighted by Gasteiger charge is -2.08. The van der Waals surface area contributed by atoms with Crippen molar-refractivity contribution in [3.05, 3.63) is 115 Å². The molecule has 0 unspecified atom stereocenters. The minimum Gasteiger partial charge on any atom is -0.308 e. The smallest absolute Gasteiger partial charge is 0.0727 e. The SMILES string of the molecule is c1ccc(-n2c3ccccc3c3sc4cc(-c5ccc6sc7ccccc7c6c5)ccc4c32)cc1. The van der Waals surface area contributed by atoms with Crippen molar-refractivity contribution >= 4 is 74.1 Å². The number of hydrogen-bond donors (Lipinski definition) is 0. The van der Waals surface area contributed by atoms with Crippen LogP contribution < -0.4 is 0 Å². The predicted molar refractivity (Wildman–Crippen MR) is 154 cm³/mol. The van der Waals surface area contributed by atoms with Crippen molar-refractivity contribution in [3.63, 3.8) is 0 Å². The molecule has 0 N–H and O–H groups in total. The number of aromatic nitrogens is 1. The maximum Gasteiger partial charge on any atom is 0.0727 e. The number of rotatable bonds is 2. The highest BCUT2D eigenvalue weighted by molar-refractivity contribution is 7.27. The fourth-order valence-electron chi connectivity index (χ4n) is 5.40. The highest BCUT2D eigenvalue weighted by atomic mass is 32.1. The molecule has 0 radical (unpaired) electrons. The summed E-state index contributed by atoms with van der Waals surface area (Å²) < 4.78 is 7.81. The monoisotopic (exact) mass is 481 g/mol. The molecule has 0 aliphatic carbocycles. The van der Waals surface area contributed by atoms with Crippen molar-refractivity contribution < 1.29 is 0 Å². The van der Waals surface area contributed by atoms with Gasteiger partial charge < -0.3 is 4.57 Å². The summed E-state index contributed by atoms with van der Waals surface area (Å²) in [5, 5.41) is 5.33. The first-order valence-corrected chi connectivity index (χ1v) is 13.4. The Kier molecular flexibility index (Phi) is 4.04. The van der Waals surface area contributed by atoms with Crippen molar-refractivity contribution in [1.82, 2.24) is 4.57 Å². The molecule has 1 nitrogen and oxygen atoms in total. The second kappa shape index (κ2) is 7.29. The Bertz CT molecular complexity index is 2050. The van der Waals surface area contributed by atoms with E-state index in [1.54, 1.807) is 0 Å². The van der Waals surface area contributed by atoms with Crippen molar-refractivity contribution in [3.8, 4) is 16.8 Å². The molecule has 0 saturated carbocycles. The van der Waals surface area contributed by atoms with Crippen molar-refractivity contribution in [1.29, 1.82) is 0 Å². The van der Waals surface area contributed by atoms with Gasteiger partial charge in [-0.2, -0.15) is 0 Å². The molecule has 8 aromatic rings. The van der Waals surface area contributed by atoms with Gasteiger partial charge in [-0.25, -0.2) is 0 Å². The van der Waals surface area contributed by atoms with Gasteiger partial charge in [0.25, 0.3) is 0 Å². The quantitative estimate of drug-likeness (QED) is 0.231. The second-order valence-corrected chi connectivity index (χ2v) is 11.1. The van der Waals surface area contributed by atoms with Gasteiger partial charge in [0.15, 0.2) is 0 Å². The molecule has 0 amide bonds. The second-order valence-electron chi connectivity index (χ2n) is 8.99. The summed E-state index contributed by atoms with van der Waals surface area (Å²) in [6, 6.07) is 42.1.